The maximum Gasteiger partial charge on any atom is 0.332 e. The van der Waals surface area contributed by atoms with E-state index in [9.17, 15) is 9.90 Å². The van der Waals surface area contributed by atoms with Crippen LogP contribution in [-0.4, -0.2) is 17.7 Å². The molecular weight excluding hydrogens is 308 g/mol. The van der Waals surface area contributed by atoms with Crippen molar-refractivity contribution < 1.29 is 9.90 Å². The fraction of sp³-hybridized carbons (Fsp3) is 0.133. The van der Waals surface area contributed by atoms with Crippen LogP contribution in [0.5, 0.6) is 5.75 Å². The summed E-state index contributed by atoms with van der Waals surface area (Å²) in [5.41, 5.74) is 1.37. The monoisotopic (exact) mass is 322 g/mol. The summed E-state index contributed by atoms with van der Waals surface area (Å²) < 4.78 is 1.03. The molecule has 0 bridgehead atoms. The molecule has 2 N–H and O–H groups in total. The zero-order chi connectivity index (χ0) is 15.2. The summed E-state index contributed by atoms with van der Waals surface area (Å²) >= 11 is 9.94. The third kappa shape index (κ3) is 4.31. The smallest absolute Gasteiger partial charge is 0.332 e. The van der Waals surface area contributed by atoms with Crippen molar-refractivity contribution in [2.45, 2.75) is 6.42 Å². The first-order valence-corrected chi connectivity index (χ1v) is 7.15. The van der Waals surface area contributed by atoms with Crippen LogP contribution in [0.2, 0.25) is 5.02 Å². The van der Waals surface area contributed by atoms with E-state index in [-0.39, 0.29) is 11.4 Å². The van der Waals surface area contributed by atoms with Crippen LogP contribution in [-0.2, 0) is 6.42 Å². The Bertz CT molecular complexity index is 622. The lowest BCUT2D eigenvalue weighted by Crippen LogP contribution is -2.35. The highest BCUT2D eigenvalue weighted by molar-refractivity contribution is 7.82. The van der Waals surface area contributed by atoms with E-state index in [1.165, 1.54) is 18.2 Å². The molecule has 2 aromatic rings. The largest absolute Gasteiger partial charge is 0.506 e. The number of carbonyl (C=O) groups is 1. The van der Waals surface area contributed by atoms with Gasteiger partial charge in [0.2, 0.25) is 0 Å². The molecule has 2 amide bonds. The highest BCUT2D eigenvalue weighted by Crippen LogP contribution is 2.31. The Balaban J connectivity index is 1.92. The molecule has 0 saturated carbocycles. The molecule has 2 aromatic carbocycles. The van der Waals surface area contributed by atoms with E-state index in [4.69, 9.17) is 11.6 Å². The molecule has 0 radical (unpaired) electrons. The van der Waals surface area contributed by atoms with Gasteiger partial charge < -0.3 is 10.4 Å². The summed E-state index contributed by atoms with van der Waals surface area (Å²) in [6.45, 7) is 0.473. The fourth-order valence-corrected chi connectivity index (χ4v) is 2.21. The Morgan fingerprint density at radius 2 is 1.95 bits per heavy atom. The molecule has 6 heteroatoms. The Morgan fingerprint density at radius 1 is 1.24 bits per heavy atom. The number of carbonyl (C=O) groups excluding carboxylic acids is 1. The minimum Gasteiger partial charge on any atom is -0.506 e. The molecular formula is C15H15ClN2O2S. The van der Waals surface area contributed by atoms with E-state index < -0.39 is 6.03 Å². The van der Waals surface area contributed by atoms with E-state index in [0.29, 0.717) is 11.6 Å². The zero-order valence-electron chi connectivity index (χ0n) is 11.2. The number of nitrogens with zero attached hydrogens (tertiary/aromatic N) is 1. The molecule has 0 atom stereocenters. The maximum atomic E-state index is 12.0. The summed E-state index contributed by atoms with van der Waals surface area (Å²) in [4.78, 5) is 12.0. The summed E-state index contributed by atoms with van der Waals surface area (Å²) in [5, 5.41) is 12.9. The SMILES string of the molecule is O=C(NCCc1ccccc1)N(S)c1cc(Cl)ccc1O. The van der Waals surface area contributed by atoms with Crippen LogP contribution in [0.25, 0.3) is 0 Å². The number of anilines is 1. The second-order valence-corrected chi connectivity index (χ2v) is 5.25. The van der Waals surface area contributed by atoms with Crippen molar-refractivity contribution in [3.8, 4) is 5.75 Å². The van der Waals surface area contributed by atoms with Crippen molar-refractivity contribution in [3.63, 3.8) is 0 Å². The summed E-state index contributed by atoms with van der Waals surface area (Å²) in [6.07, 6.45) is 0.718. The summed E-state index contributed by atoms with van der Waals surface area (Å²) in [7, 11) is 0. The molecule has 110 valence electrons. The molecule has 4 nitrogen and oxygen atoms in total. The van der Waals surface area contributed by atoms with Gasteiger partial charge in [-0.3, -0.25) is 0 Å². The average Bonchev–Trinajstić information content (AvgIpc) is 2.50. The maximum absolute atomic E-state index is 12.0. The van der Waals surface area contributed by atoms with E-state index in [0.717, 1.165) is 16.3 Å². The van der Waals surface area contributed by atoms with Crippen molar-refractivity contribution >= 4 is 36.1 Å². The molecule has 0 aliphatic heterocycles. The highest BCUT2D eigenvalue weighted by atomic mass is 35.5. The number of halogens is 1. The number of hydrogen-bond donors (Lipinski definition) is 3. The number of thiol groups is 1. The topological polar surface area (TPSA) is 52.6 Å². The van der Waals surface area contributed by atoms with Gasteiger partial charge in [0.05, 0.1) is 0 Å². The van der Waals surface area contributed by atoms with Crippen molar-refractivity contribution in [2.75, 3.05) is 10.8 Å². The second kappa shape index (κ2) is 7.24. The zero-order valence-corrected chi connectivity index (χ0v) is 12.8. The molecule has 0 aliphatic rings. The normalized spacial score (nSPS) is 10.2. The lowest BCUT2D eigenvalue weighted by atomic mass is 10.1. The Labute approximate surface area is 133 Å². The van der Waals surface area contributed by atoms with Gasteiger partial charge in [0.1, 0.15) is 11.4 Å². The number of benzene rings is 2. The molecule has 2 rings (SSSR count). The fourth-order valence-electron chi connectivity index (χ4n) is 1.81. The van der Waals surface area contributed by atoms with Gasteiger partial charge in [-0.2, -0.15) is 0 Å². The number of hydrogen-bond acceptors (Lipinski definition) is 3. The highest BCUT2D eigenvalue weighted by Gasteiger charge is 2.15. The summed E-state index contributed by atoms with van der Waals surface area (Å²) in [5.74, 6) is -0.0624. The first kappa shape index (κ1) is 15.5. The number of rotatable bonds is 4. The van der Waals surface area contributed by atoms with Crippen molar-refractivity contribution in [1.29, 1.82) is 0 Å². The van der Waals surface area contributed by atoms with E-state index >= 15 is 0 Å². The van der Waals surface area contributed by atoms with Crippen LogP contribution in [0.3, 0.4) is 0 Å². The molecule has 21 heavy (non-hydrogen) atoms. The number of phenols is 1. The number of nitrogens with one attached hydrogen (secondary N) is 1. The standard InChI is InChI=1S/C15H15ClN2O2S/c16-12-6-7-14(19)13(10-12)18(21)15(20)17-9-8-11-4-2-1-3-5-11/h1-7,10,19,21H,8-9H2,(H,17,20). The average molecular weight is 323 g/mol. The van der Waals surface area contributed by atoms with Crippen LogP contribution >= 0.6 is 24.4 Å². The van der Waals surface area contributed by atoms with Crippen molar-refractivity contribution in [1.82, 2.24) is 5.32 Å². The lowest BCUT2D eigenvalue weighted by molar-refractivity contribution is 0.250. The van der Waals surface area contributed by atoms with Gasteiger partial charge in [-0.15, -0.1) is 0 Å². The Hall–Kier alpha value is -1.85. The molecule has 0 spiro atoms. The predicted octanol–water partition coefficient (Wildman–Crippen LogP) is 3.65. The van der Waals surface area contributed by atoms with Crippen molar-refractivity contribution in [2.24, 2.45) is 0 Å². The molecule has 0 saturated heterocycles. The predicted molar refractivity (Wildman–Crippen MR) is 88.1 cm³/mol. The molecule has 0 unspecified atom stereocenters. The summed E-state index contributed by atoms with van der Waals surface area (Å²) in [6, 6.07) is 13.8. The van der Waals surface area contributed by atoms with Gasteiger partial charge in [0, 0.05) is 11.6 Å². The van der Waals surface area contributed by atoms with Crippen LogP contribution in [0, 0.1) is 0 Å². The molecule has 0 aliphatic carbocycles. The number of aromatic hydroxyl groups is 1. The first-order valence-electron chi connectivity index (χ1n) is 6.37. The number of phenolic OH excluding ortho intramolecular Hbond substituents is 1. The van der Waals surface area contributed by atoms with E-state index in [2.05, 4.69) is 18.1 Å². The molecule has 0 fully saturated rings. The van der Waals surface area contributed by atoms with Gasteiger partial charge in [-0.1, -0.05) is 54.7 Å². The van der Waals surface area contributed by atoms with Gasteiger partial charge in [0.25, 0.3) is 0 Å². The quantitative estimate of drug-likeness (QED) is 0.753. The van der Waals surface area contributed by atoms with Gasteiger partial charge in [0.15, 0.2) is 0 Å². The third-order valence-electron chi connectivity index (χ3n) is 2.89. The van der Waals surface area contributed by atoms with Crippen LogP contribution in [0.4, 0.5) is 10.5 Å². The minimum atomic E-state index is -0.424. The molecule has 0 aromatic heterocycles. The van der Waals surface area contributed by atoms with E-state index in [1.807, 2.05) is 30.3 Å². The van der Waals surface area contributed by atoms with Crippen LogP contribution < -0.4 is 9.62 Å². The Kier molecular flexibility index (Phi) is 5.36. The Morgan fingerprint density at radius 3 is 2.67 bits per heavy atom. The lowest BCUT2D eigenvalue weighted by Gasteiger charge is -2.17. The van der Waals surface area contributed by atoms with Crippen LogP contribution in [0.1, 0.15) is 5.56 Å². The number of amides is 2. The van der Waals surface area contributed by atoms with Gasteiger partial charge in [-0.05, 0) is 30.2 Å². The third-order valence-corrected chi connectivity index (χ3v) is 3.52. The van der Waals surface area contributed by atoms with Gasteiger partial charge >= 0.3 is 6.03 Å². The first-order chi connectivity index (χ1) is 10.1. The second-order valence-electron chi connectivity index (χ2n) is 4.41. The van der Waals surface area contributed by atoms with Gasteiger partial charge in [-0.25, -0.2) is 9.10 Å². The van der Waals surface area contributed by atoms with E-state index in [1.54, 1.807) is 0 Å². The van der Waals surface area contributed by atoms with Crippen molar-refractivity contribution in [3.05, 3.63) is 59.1 Å². The number of urea groups is 1. The molecule has 0 heterocycles. The van der Waals surface area contributed by atoms with Crippen LogP contribution in [0.15, 0.2) is 48.5 Å². The minimum absolute atomic E-state index is 0.0624.